The van der Waals surface area contributed by atoms with Crippen molar-refractivity contribution in [2.45, 2.75) is 167 Å². The summed E-state index contributed by atoms with van der Waals surface area (Å²) in [6, 6.07) is 0. The Bertz CT molecular complexity index is 1160. The summed E-state index contributed by atoms with van der Waals surface area (Å²) in [5.41, 5.74) is 0. The molecule has 0 aliphatic heterocycles. The molecule has 1 aliphatic carbocycles. The first kappa shape index (κ1) is 48.6. The molecule has 53 heavy (non-hydrogen) atoms. The van der Waals surface area contributed by atoms with Crippen LogP contribution in [0, 0.1) is 11.8 Å². The lowest BCUT2D eigenvalue weighted by Crippen LogP contribution is -2.29. The Morgan fingerprint density at radius 1 is 0.792 bits per heavy atom. The van der Waals surface area contributed by atoms with Gasteiger partial charge in [-0.15, -0.1) is 0 Å². The number of aliphatic hydroxyl groups excluding tert-OH is 2. The van der Waals surface area contributed by atoms with E-state index in [-0.39, 0.29) is 43.5 Å². The van der Waals surface area contributed by atoms with Crippen LogP contribution in [0.25, 0.3) is 0 Å². The highest BCUT2D eigenvalue weighted by Gasteiger charge is 2.39. The lowest BCUT2D eigenvalue weighted by Gasteiger charge is -2.18. The van der Waals surface area contributed by atoms with Crippen molar-refractivity contribution in [3.8, 4) is 0 Å². The van der Waals surface area contributed by atoms with Crippen molar-refractivity contribution < 1.29 is 52.9 Å². The van der Waals surface area contributed by atoms with Crippen molar-refractivity contribution in [2.24, 2.45) is 11.8 Å². The molecule has 0 radical (unpaired) electrons. The zero-order valence-electron chi connectivity index (χ0n) is 32.4. The van der Waals surface area contributed by atoms with E-state index < -0.39 is 44.7 Å². The van der Waals surface area contributed by atoms with Gasteiger partial charge in [0.25, 0.3) is 0 Å². The normalized spacial score (nSPS) is 19.3. The van der Waals surface area contributed by atoms with Gasteiger partial charge in [0.05, 0.1) is 18.8 Å². The van der Waals surface area contributed by atoms with Crippen molar-refractivity contribution in [2.75, 3.05) is 13.2 Å². The number of hydrogen-bond donors (Lipinski definition) is 4. The Labute approximate surface area is 318 Å². The van der Waals surface area contributed by atoms with Gasteiger partial charge in [-0.2, -0.15) is 0 Å². The van der Waals surface area contributed by atoms with Gasteiger partial charge in [-0.3, -0.25) is 18.9 Å². The molecule has 0 aromatic heterocycles. The van der Waals surface area contributed by atoms with E-state index in [2.05, 4.69) is 42.7 Å². The van der Waals surface area contributed by atoms with Crippen LogP contribution in [0.2, 0.25) is 0 Å². The number of hydrogen-bond acceptors (Lipinski definition) is 9. The van der Waals surface area contributed by atoms with Crippen molar-refractivity contribution >= 4 is 25.5 Å². The molecule has 0 spiro atoms. The molecule has 12 heteroatoms. The van der Waals surface area contributed by atoms with Crippen LogP contribution in [0.5, 0.6) is 0 Å². The number of carbonyl (C=O) groups is 3. The lowest BCUT2D eigenvalue weighted by molar-refractivity contribution is -0.161. The third-order valence-corrected chi connectivity index (χ3v) is 9.70. The number of rotatable bonds is 32. The second kappa shape index (κ2) is 30.9. The molecule has 1 rings (SSSR count). The third-order valence-electron chi connectivity index (χ3n) is 9.22. The number of Topliss-reactive ketones (excluding diaryl/α,β-unsaturated/α-hetero) is 1. The van der Waals surface area contributed by atoms with Crippen LogP contribution in [0.3, 0.4) is 0 Å². The number of ether oxygens (including phenoxy) is 2. The van der Waals surface area contributed by atoms with Crippen molar-refractivity contribution in [3.63, 3.8) is 0 Å². The highest BCUT2D eigenvalue weighted by Crippen LogP contribution is 2.36. The fourth-order valence-corrected chi connectivity index (χ4v) is 6.47. The minimum absolute atomic E-state index is 0.0126. The van der Waals surface area contributed by atoms with E-state index in [9.17, 15) is 29.2 Å². The first-order valence-corrected chi connectivity index (χ1v) is 21.6. The van der Waals surface area contributed by atoms with Gasteiger partial charge in [0.2, 0.25) is 0 Å². The van der Waals surface area contributed by atoms with Crippen LogP contribution in [0.1, 0.15) is 149 Å². The van der Waals surface area contributed by atoms with Crippen LogP contribution in [-0.4, -0.2) is 69.2 Å². The number of phosphoric acid groups is 1. The number of allylic oxidation sites excluding steroid dienone is 6. The minimum Gasteiger partial charge on any atom is -0.462 e. The summed E-state index contributed by atoms with van der Waals surface area (Å²) >= 11 is 0. The van der Waals surface area contributed by atoms with E-state index in [0.29, 0.717) is 32.1 Å². The average Bonchev–Trinajstić information content (AvgIpc) is 3.38. The summed E-state index contributed by atoms with van der Waals surface area (Å²) in [6.45, 7) is 3.31. The first-order chi connectivity index (χ1) is 25.5. The molecule has 0 aromatic carbocycles. The monoisotopic (exact) mass is 768 g/mol. The molecule has 0 amide bonds. The lowest BCUT2D eigenvalue weighted by atomic mass is 9.90. The van der Waals surface area contributed by atoms with E-state index in [0.717, 1.165) is 57.8 Å². The number of ketones is 1. The van der Waals surface area contributed by atoms with Gasteiger partial charge in [-0.25, -0.2) is 4.57 Å². The summed E-state index contributed by atoms with van der Waals surface area (Å²) in [4.78, 5) is 55.5. The zero-order chi connectivity index (χ0) is 39.2. The molecule has 0 unspecified atom stereocenters. The van der Waals surface area contributed by atoms with Crippen LogP contribution < -0.4 is 0 Å². The first-order valence-electron chi connectivity index (χ1n) is 20.1. The average molecular weight is 769 g/mol. The summed E-state index contributed by atoms with van der Waals surface area (Å²) in [6.07, 6.45) is 30.5. The Kier molecular flexibility index (Phi) is 28.3. The van der Waals surface area contributed by atoms with Crippen LogP contribution >= 0.6 is 7.82 Å². The van der Waals surface area contributed by atoms with E-state index in [1.165, 1.54) is 25.7 Å². The van der Waals surface area contributed by atoms with E-state index >= 15 is 0 Å². The molecular weight excluding hydrogens is 699 g/mol. The topological polar surface area (TPSA) is 177 Å². The van der Waals surface area contributed by atoms with Crippen LogP contribution in [-0.2, 0) is 32.9 Å². The van der Waals surface area contributed by atoms with Gasteiger partial charge >= 0.3 is 19.8 Å². The molecule has 1 aliphatic rings. The summed E-state index contributed by atoms with van der Waals surface area (Å²) in [5.74, 6) is -1.86. The highest BCUT2D eigenvalue weighted by atomic mass is 31.2. The molecule has 0 bridgehead atoms. The molecule has 11 nitrogen and oxygen atoms in total. The molecule has 1 fully saturated rings. The minimum atomic E-state index is -4.83. The molecular formula is C41H69O11P. The van der Waals surface area contributed by atoms with E-state index in [1.54, 1.807) is 12.2 Å². The maximum atomic E-state index is 12.5. The summed E-state index contributed by atoms with van der Waals surface area (Å²) in [5, 5.41) is 20.6. The second-order valence-electron chi connectivity index (χ2n) is 14.1. The molecule has 4 N–H and O–H groups in total. The largest absolute Gasteiger partial charge is 0.469 e. The van der Waals surface area contributed by atoms with Crippen molar-refractivity contribution in [3.05, 3.63) is 48.6 Å². The molecule has 0 saturated heterocycles. The molecule has 304 valence electrons. The Morgan fingerprint density at radius 2 is 1.40 bits per heavy atom. The highest BCUT2D eigenvalue weighted by molar-refractivity contribution is 7.46. The Hall–Kier alpha value is -2.40. The van der Waals surface area contributed by atoms with Gasteiger partial charge in [-0.05, 0) is 57.8 Å². The summed E-state index contributed by atoms with van der Waals surface area (Å²) in [7, 11) is -4.83. The van der Waals surface area contributed by atoms with Gasteiger partial charge < -0.3 is 29.5 Å². The van der Waals surface area contributed by atoms with E-state index in [4.69, 9.17) is 19.3 Å². The van der Waals surface area contributed by atoms with Gasteiger partial charge in [-0.1, -0.05) is 120 Å². The number of unbranched alkanes of at least 4 members (excludes halogenated alkanes) is 12. The Morgan fingerprint density at radius 3 is 2.08 bits per heavy atom. The number of carbonyl (C=O) groups excluding carboxylic acids is 3. The number of aliphatic hydroxyl groups is 2. The predicted molar refractivity (Wildman–Crippen MR) is 208 cm³/mol. The van der Waals surface area contributed by atoms with Crippen molar-refractivity contribution in [1.82, 2.24) is 0 Å². The maximum absolute atomic E-state index is 12.5. The second-order valence-corrected chi connectivity index (χ2v) is 15.3. The molecule has 0 aromatic rings. The maximum Gasteiger partial charge on any atom is 0.469 e. The quantitative estimate of drug-likeness (QED) is 0.0170. The predicted octanol–water partition coefficient (Wildman–Crippen LogP) is 8.54. The van der Waals surface area contributed by atoms with Gasteiger partial charge in [0.1, 0.15) is 12.4 Å². The van der Waals surface area contributed by atoms with Crippen LogP contribution in [0.4, 0.5) is 0 Å². The fraction of sp³-hybridized carbons (Fsp3) is 0.732. The van der Waals surface area contributed by atoms with Gasteiger partial charge in [0, 0.05) is 31.1 Å². The molecule has 5 atom stereocenters. The fourth-order valence-electron chi connectivity index (χ4n) is 6.11. The van der Waals surface area contributed by atoms with Crippen LogP contribution in [0.15, 0.2) is 48.6 Å². The summed E-state index contributed by atoms with van der Waals surface area (Å²) < 4.78 is 26.3. The molecule has 0 heterocycles. The standard InChI is InChI=1S/C41H69O11P/c1-3-5-7-8-9-10-11-12-13-14-15-16-17-18-23-27-40(45)50-32-35(33-51-53(47,48)49)52-41(46)28-24-20-19-22-26-36-37(39(44)31-38(36)43)30-29-34(42)25-21-6-4-2/h10-13,19,22,29-30,34-37,39,42,44H,3-9,14-18,20-21,23-28,31-33H2,1-2H3,(H2,47,48,49)/b11-10-,13-12-,22-19-,30-29+/t34-,35+,36+,37+,39+/m0/s1. The molecule has 1 saturated carbocycles. The van der Waals surface area contributed by atoms with Gasteiger partial charge in [0.15, 0.2) is 6.10 Å². The third kappa shape index (κ3) is 26.9. The smallest absolute Gasteiger partial charge is 0.462 e. The zero-order valence-corrected chi connectivity index (χ0v) is 33.3. The Balaban J connectivity index is 2.34. The number of esters is 2. The SMILES string of the molecule is CCCCCC/C=C\C=C/CCCCCCCC(=O)OC[C@H](COP(=O)(O)O)OC(=O)CCC/C=C\C[C@H]1C(=O)C[C@@H](O)[C@@H]1/C=C/[C@@H](O)CCCCC. The number of phosphoric ester groups is 1. The van der Waals surface area contributed by atoms with Crippen molar-refractivity contribution in [1.29, 1.82) is 0 Å². The van der Waals surface area contributed by atoms with E-state index in [1.807, 2.05) is 12.2 Å².